The molecular weight excluding hydrogens is 536 g/mol. The van der Waals surface area contributed by atoms with Crippen LogP contribution in [0.25, 0.3) is 11.3 Å². The Bertz CT molecular complexity index is 1570. The van der Waals surface area contributed by atoms with Gasteiger partial charge < -0.3 is 10.6 Å². The Hall–Kier alpha value is -4.34. The SMILES string of the molecule is O=C(Nc1ccc(SC(C(=O)Nc2nc(-c3ccc(F)cc3)cs2)c2ccccc2)cc1)c1ccc(F)cc1. The van der Waals surface area contributed by atoms with Crippen molar-refractivity contribution in [2.75, 3.05) is 10.6 Å². The third-order valence-corrected chi connectivity index (χ3v) is 7.71. The van der Waals surface area contributed by atoms with Crippen LogP contribution in [0.15, 0.2) is 113 Å². The number of anilines is 2. The molecule has 1 atom stereocenters. The molecule has 5 nitrogen and oxygen atoms in total. The van der Waals surface area contributed by atoms with E-state index in [1.54, 1.807) is 24.3 Å². The largest absolute Gasteiger partial charge is 0.322 e. The monoisotopic (exact) mass is 557 g/mol. The van der Waals surface area contributed by atoms with Gasteiger partial charge in [0.15, 0.2) is 5.13 Å². The maximum Gasteiger partial charge on any atom is 0.255 e. The minimum absolute atomic E-state index is 0.236. The minimum atomic E-state index is -0.566. The predicted molar refractivity (Wildman–Crippen MR) is 152 cm³/mol. The number of amides is 2. The van der Waals surface area contributed by atoms with Gasteiger partial charge in [-0.05, 0) is 78.4 Å². The molecule has 4 aromatic carbocycles. The average Bonchev–Trinajstić information content (AvgIpc) is 3.42. The molecule has 0 saturated heterocycles. The molecule has 39 heavy (non-hydrogen) atoms. The van der Waals surface area contributed by atoms with E-state index in [0.717, 1.165) is 16.0 Å². The fourth-order valence-corrected chi connectivity index (χ4v) is 5.46. The molecule has 194 valence electrons. The van der Waals surface area contributed by atoms with Crippen molar-refractivity contribution in [3.8, 4) is 11.3 Å². The summed E-state index contributed by atoms with van der Waals surface area (Å²) in [5.74, 6) is -1.32. The molecule has 2 N–H and O–H groups in total. The molecule has 0 radical (unpaired) electrons. The van der Waals surface area contributed by atoms with Gasteiger partial charge in [0.25, 0.3) is 5.91 Å². The average molecular weight is 558 g/mol. The summed E-state index contributed by atoms with van der Waals surface area (Å²) >= 11 is 2.66. The smallest absolute Gasteiger partial charge is 0.255 e. The van der Waals surface area contributed by atoms with Crippen LogP contribution in [0, 0.1) is 11.6 Å². The molecule has 1 unspecified atom stereocenters. The van der Waals surface area contributed by atoms with E-state index in [-0.39, 0.29) is 17.6 Å². The summed E-state index contributed by atoms with van der Waals surface area (Å²) in [6, 6.07) is 27.9. The highest BCUT2D eigenvalue weighted by atomic mass is 32.2. The van der Waals surface area contributed by atoms with Crippen LogP contribution >= 0.6 is 23.1 Å². The molecule has 0 spiro atoms. The van der Waals surface area contributed by atoms with Crippen LogP contribution in [0.5, 0.6) is 0 Å². The second-order valence-electron chi connectivity index (χ2n) is 8.43. The molecule has 5 rings (SSSR count). The molecular formula is C30H21F2N3O2S2. The maximum absolute atomic E-state index is 13.4. The van der Waals surface area contributed by atoms with Crippen molar-refractivity contribution in [1.29, 1.82) is 0 Å². The van der Waals surface area contributed by atoms with Gasteiger partial charge in [0.2, 0.25) is 5.91 Å². The van der Waals surface area contributed by atoms with Crippen molar-refractivity contribution < 1.29 is 18.4 Å². The number of thioether (sulfide) groups is 1. The Morgan fingerprint density at radius 1 is 0.769 bits per heavy atom. The third-order valence-electron chi connectivity index (χ3n) is 5.69. The number of benzene rings is 4. The van der Waals surface area contributed by atoms with Gasteiger partial charge in [-0.2, -0.15) is 0 Å². The van der Waals surface area contributed by atoms with E-state index >= 15 is 0 Å². The van der Waals surface area contributed by atoms with Crippen LogP contribution in [-0.2, 0) is 4.79 Å². The van der Waals surface area contributed by atoms with Gasteiger partial charge in [-0.3, -0.25) is 9.59 Å². The van der Waals surface area contributed by atoms with E-state index in [9.17, 15) is 18.4 Å². The Labute approximate surface area is 231 Å². The number of thiazole rings is 1. The number of nitrogens with zero attached hydrogens (tertiary/aromatic N) is 1. The first-order valence-electron chi connectivity index (χ1n) is 11.9. The highest BCUT2D eigenvalue weighted by Gasteiger charge is 2.23. The Morgan fingerprint density at radius 3 is 2.08 bits per heavy atom. The minimum Gasteiger partial charge on any atom is -0.322 e. The van der Waals surface area contributed by atoms with E-state index in [1.165, 1.54) is 59.5 Å². The van der Waals surface area contributed by atoms with Crippen LogP contribution in [0.3, 0.4) is 0 Å². The van der Waals surface area contributed by atoms with Gasteiger partial charge in [-0.1, -0.05) is 30.3 Å². The van der Waals surface area contributed by atoms with Gasteiger partial charge >= 0.3 is 0 Å². The third kappa shape index (κ3) is 6.76. The lowest BCUT2D eigenvalue weighted by Crippen LogP contribution is -2.19. The number of halogens is 2. The van der Waals surface area contributed by atoms with Gasteiger partial charge in [-0.25, -0.2) is 13.8 Å². The molecule has 5 aromatic rings. The van der Waals surface area contributed by atoms with E-state index < -0.39 is 11.1 Å². The van der Waals surface area contributed by atoms with Crippen molar-refractivity contribution in [2.24, 2.45) is 0 Å². The highest BCUT2D eigenvalue weighted by Crippen LogP contribution is 2.37. The normalized spacial score (nSPS) is 11.5. The predicted octanol–water partition coefficient (Wildman–Crippen LogP) is 7.81. The second kappa shape index (κ2) is 12.0. The number of carbonyl (C=O) groups is 2. The number of hydrogen-bond donors (Lipinski definition) is 2. The van der Waals surface area contributed by atoms with Crippen LogP contribution in [0.4, 0.5) is 19.6 Å². The first kappa shape index (κ1) is 26.3. The number of rotatable bonds is 8. The molecule has 0 aliphatic carbocycles. The van der Waals surface area contributed by atoms with Crippen LogP contribution in [0.1, 0.15) is 21.2 Å². The number of hydrogen-bond acceptors (Lipinski definition) is 5. The number of aromatic nitrogens is 1. The van der Waals surface area contributed by atoms with Crippen molar-refractivity contribution in [2.45, 2.75) is 10.1 Å². The first-order valence-corrected chi connectivity index (χ1v) is 13.6. The van der Waals surface area contributed by atoms with Crippen LogP contribution in [-0.4, -0.2) is 16.8 Å². The molecule has 0 fully saturated rings. The van der Waals surface area contributed by atoms with Gasteiger partial charge in [0.05, 0.1) is 5.69 Å². The van der Waals surface area contributed by atoms with E-state index in [1.807, 2.05) is 47.8 Å². The topological polar surface area (TPSA) is 71.1 Å². The first-order chi connectivity index (χ1) is 18.9. The number of carbonyl (C=O) groups excluding carboxylic acids is 2. The lowest BCUT2D eigenvalue weighted by Gasteiger charge is -2.16. The summed E-state index contributed by atoms with van der Waals surface area (Å²) in [6.45, 7) is 0. The lowest BCUT2D eigenvalue weighted by molar-refractivity contribution is -0.115. The fourth-order valence-electron chi connectivity index (χ4n) is 3.71. The molecule has 0 aliphatic rings. The molecule has 0 saturated carbocycles. The molecule has 2 amide bonds. The molecule has 9 heteroatoms. The summed E-state index contributed by atoms with van der Waals surface area (Å²) < 4.78 is 26.4. The van der Waals surface area contributed by atoms with Crippen LogP contribution in [0.2, 0.25) is 0 Å². The van der Waals surface area contributed by atoms with Crippen molar-refractivity contribution >= 4 is 45.7 Å². The number of nitrogens with one attached hydrogen (secondary N) is 2. The zero-order chi connectivity index (χ0) is 27.2. The quantitative estimate of drug-likeness (QED) is 0.191. The highest BCUT2D eigenvalue weighted by molar-refractivity contribution is 8.00. The van der Waals surface area contributed by atoms with E-state index in [0.29, 0.717) is 22.1 Å². The summed E-state index contributed by atoms with van der Waals surface area (Å²) in [5.41, 5.74) is 3.15. The molecule has 1 heterocycles. The van der Waals surface area contributed by atoms with Crippen molar-refractivity contribution in [1.82, 2.24) is 4.98 Å². The Morgan fingerprint density at radius 2 is 1.41 bits per heavy atom. The van der Waals surface area contributed by atoms with E-state index in [4.69, 9.17) is 0 Å². The lowest BCUT2D eigenvalue weighted by atomic mass is 10.1. The standard InChI is InChI=1S/C30H21F2N3O2S2/c31-22-10-6-19(7-11-22)26-18-38-30(34-26)35-29(37)27(20-4-2-1-3-5-20)39-25-16-14-24(15-17-25)33-28(36)21-8-12-23(32)13-9-21/h1-18,27H,(H,33,36)(H,34,35,37). The van der Waals surface area contributed by atoms with Gasteiger partial charge in [0.1, 0.15) is 16.9 Å². The van der Waals surface area contributed by atoms with Gasteiger partial charge in [0, 0.05) is 27.1 Å². The molecule has 0 bridgehead atoms. The maximum atomic E-state index is 13.4. The second-order valence-corrected chi connectivity index (χ2v) is 10.5. The zero-order valence-corrected chi connectivity index (χ0v) is 21.9. The van der Waals surface area contributed by atoms with Gasteiger partial charge in [-0.15, -0.1) is 23.1 Å². The van der Waals surface area contributed by atoms with E-state index in [2.05, 4.69) is 15.6 Å². The Kier molecular flexibility index (Phi) is 8.10. The van der Waals surface area contributed by atoms with Crippen molar-refractivity contribution in [3.05, 3.63) is 131 Å². The summed E-state index contributed by atoms with van der Waals surface area (Å²) in [4.78, 5) is 31.2. The van der Waals surface area contributed by atoms with Crippen molar-refractivity contribution in [3.63, 3.8) is 0 Å². The Balaban J connectivity index is 1.29. The fraction of sp³-hybridized carbons (Fsp3) is 0.0333. The molecule has 1 aromatic heterocycles. The molecule has 0 aliphatic heterocycles. The summed E-state index contributed by atoms with van der Waals surface area (Å²) in [7, 11) is 0. The zero-order valence-electron chi connectivity index (χ0n) is 20.3. The summed E-state index contributed by atoms with van der Waals surface area (Å²) in [5, 5.41) is 7.39. The van der Waals surface area contributed by atoms with Crippen LogP contribution < -0.4 is 10.6 Å². The summed E-state index contributed by atoms with van der Waals surface area (Å²) in [6.07, 6.45) is 0.